The molecular formula is C22H27N3O2. The highest BCUT2D eigenvalue weighted by atomic mass is 16.1. The standard InChI is InChI=1S/C22H27N3O2/c1-13(22-10-14-6-15(11-22)8-16(7-14)12-22)23-20(26)9-19-17-4-2-3-5-18(17)21(27)25-24-19/h2-5,13-16H,6-12H2,1H3,(H,23,26)(H,25,27)/t13-,14?,15?,16?,22?/m0/s1. The highest BCUT2D eigenvalue weighted by Crippen LogP contribution is 2.61. The van der Waals surface area contributed by atoms with Crippen LogP contribution in [0.15, 0.2) is 29.1 Å². The molecule has 0 aliphatic heterocycles. The van der Waals surface area contributed by atoms with Crippen molar-refractivity contribution in [1.82, 2.24) is 15.5 Å². The first kappa shape index (κ1) is 17.0. The predicted molar refractivity (Wildman–Crippen MR) is 104 cm³/mol. The molecule has 0 radical (unpaired) electrons. The average molecular weight is 365 g/mol. The summed E-state index contributed by atoms with van der Waals surface area (Å²) in [6.07, 6.45) is 8.27. The summed E-state index contributed by atoms with van der Waals surface area (Å²) in [5, 5.41) is 11.3. The number of aromatic nitrogens is 2. The molecule has 2 aromatic rings. The second-order valence-corrected chi connectivity index (χ2v) is 9.29. The fourth-order valence-corrected chi connectivity index (χ4v) is 6.61. The van der Waals surface area contributed by atoms with Gasteiger partial charge in [0.05, 0.1) is 17.5 Å². The topological polar surface area (TPSA) is 74.8 Å². The second kappa shape index (κ2) is 6.18. The Hall–Kier alpha value is -2.17. The molecule has 4 aliphatic rings. The van der Waals surface area contributed by atoms with Gasteiger partial charge in [-0.2, -0.15) is 5.10 Å². The molecule has 5 heteroatoms. The molecule has 2 N–H and O–H groups in total. The molecule has 1 amide bonds. The van der Waals surface area contributed by atoms with E-state index in [-0.39, 0.29) is 23.9 Å². The van der Waals surface area contributed by atoms with E-state index in [1.165, 1.54) is 38.5 Å². The van der Waals surface area contributed by atoms with E-state index >= 15 is 0 Å². The number of hydrogen-bond acceptors (Lipinski definition) is 3. The minimum absolute atomic E-state index is 0.00273. The molecule has 27 heavy (non-hydrogen) atoms. The van der Waals surface area contributed by atoms with Gasteiger partial charge in [-0.3, -0.25) is 9.59 Å². The molecular weight excluding hydrogens is 338 g/mol. The Balaban J connectivity index is 1.33. The third-order valence-corrected chi connectivity index (χ3v) is 7.48. The van der Waals surface area contributed by atoms with E-state index in [1.807, 2.05) is 18.2 Å². The summed E-state index contributed by atoms with van der Waals surface area (Å²) in [7, 11) is 0. The van der Waals surface area contributed by atoms with Gasteiger partial charge in [0.15, 0.2) is 0 Å². The number of benzene rings is 1. The molecule has 142 valence electrons. The van der Waals surface area contributed by atoms with Crippen molar-refractivity contribution in [2.75, 3.05) is 0 Å². The molecule has 5 nitrogen and oxygen atoms in total. The summed E-state index contributed by atoms with van der Waals surface area (Å²) in [4.78, 5) is 24.7. The first-order chi connectivity index (χ1) is 13.0. The zero-order valence-corrected chi connectivity index (χ0v) is 15.8. The van der Waals surface area contributed by atoms with Crippen molar-refractivity contribution >= 4 is 16.7 Å². The number of nitrogens with zero attached hydrogens (tertiary/aromatic N) is 1. The molecule has 4 fully saturated rings. The van der Waals surface area contributed by atoms with E-state index in [0.717, 1.165) is 23.1 Å². The van der Waals surface area contributed by atoms with Crippen molar-refractivity contribution in [1.29, 1.82) is 0 Å². The lowest BCUT2D eigenvalue weighted by Crippen LogP contribution is -2.56. The lowest BCUT2D eigenvalue weighted by atomic mass is 9.48. The number of H-pyrrole nitrogens is 1. The van der Waals surface area contributed by atoms with Gasteiger partial charge < -0.3 is 5.32 Å². The van der Waals surface area contributed by atoms with E-state index < -0.39 is 0 Å². The highest BCUT2D eigenvalue weighted by molar-refractivity contribution is 5.88. The molecule has 4 bridgehead atoms. The van der Waals surface area contributed by atoms with Crippen LogP contribution >= 0.6 is 0 Å². The maximum atomic E-state index is 12.8. The van der Waals surface area contributed by atoms with Gasteiger partial charge in [-0.15, -0.1) is 0 Å². The van der Waals surface area contributed by atoms with Crippen molar-refractivity contribution in [2.24, 2.45) is 23.2 Å². The van der Waals surface area contributed by atoms with Crippen LogP contribution in [-0.2, 0) is 11.2 Å². The van der Waals surface area contributed by atoms with Crippen molar-refractivity contribution in [3.8, 4) is 0 Å². The molecule has 1 atom stereocenters. The maximum Gasteiger partial charge on any atom is 0.272 e. The van der Waals surface area contributed by atoms with Gasteiger partial charge in [0, 0.05) is 11.4 Å². The number of aromatic amines is 1. The number of fused-ring (bicyclic) bond motifs is 1. The number of rotatable bonds is 4. The molecule has 0 saturated heterocycles. The summed E-state index contributed by atoms with van der Waals surface area (Å²) in [5.41, 5.74) is 0.724. The van der Waals surface area contributed by atoms with Crippen LogP contribution in [0.2, 0.25) is 0 Å². The molecule has 0 unspecified atom stereocenters. The van der Waals surface area contributed by atoms with E-state index in [2.05, 4.69) is 22.4 Å². The summed E-state index contributed by atoms with van der Waals surface area (Å²) in [6, 6.07) is 7.55. The maximum absolute atomic E-state index is 12.8. The predicted octanol–water partition coefficient (Wildman–Crippen LogP) is 3.19. The van der Waals surface area contributed by atoms with Crippen molar-refractivity contribution in [3.63, 3.8) is 0 Å². The molecule has 0 spiro atoms. The zero-order chi connectivity index (χ0) is 18.6. The number of amides is 1. The van der Waals surface area contributed by atoms with Gasteiger partial charge in [-0.1, -0.05) is 18.2 Å². The number of carbonyl (C=O) groups excluding carboxylic acids is 1. The second-order valence-electron chi connectivity index (χ2n) is 9.29. The lowest BCUT2D eigenvalue weighted by Gasteiger charge is -2.59. The van der Waals surface area contributed by atoms with Crippen molar-refractivity contribution in [3.05, 3.63) is 40.3 Å². The van der Waals surface area contributed by atoms with E-state index in [9.17, 15) is 9.59 Å². The Labute approximate surface area is 158 Å². The normalized spacial score (nSPS) is 32.6. The Morgan fingerprint density at radius 3 is 2.37 bits per heavy atom. The third-order valence-electron chi connectivity index (χ3n) is 7.48. The van der Waals surface area contributed by atoms with E-state index in [1.54, 1.807) is 6.07 Å². The molecule has 4 aliphatic carbocycles. The fraction of sp³-hybridized carbons (Fsp3) is 0.591. The minimum Gasteiger partial charge on any atom is -0.353 e. The Kier molecular flexibility index (Phi) is 3.88. The van der Waals surface area contributed by atoms with Crippen molar-refractivity contribution in [2.45, 2.75) is 57.9 Å². The van der Waals surface area contributed by atoms with Gasteiger partial charge >= 0.3 is 0 Å². The van der Waals surface area contributed by atoms with Gasteiger partial charge in [-0.05, 0) is 74.7 Å². The quantitative estimate of drug-likeness (QED) is 0.874. The number of nitrogens with one attached hydrogen (secondary N) is 2. The molecule has 4 saturated carbocycles. The van der Waals surface area contributed by atoms with Crippen LogP contribution in [0.3, 0.4) is 0 Å². The van der Waals surface area contributed by atoms with Crippen LogP contribution in [0.4, 0.5) is 0 Å². The summed E-state index contributed by atoms with van der Waals surface area (Å²) in [5.74, 6) is 2.63. The van der Waals surface area contributed by atoms with E-state index in [0.29, 0.717) is 16.5 Å². The summed E-state index contributed by atoms with van der Waals surface area (Å²) < 4.78 is 0. The van der Waals surface area contributed by atoms with Crippen LogP contribution in [0.1, 0.15) is 51.1 Å². The smallest absolute Gasteiger partial charge is 0.272 e. The summed E-state index contributed by atoms with van der Waals surface area (Å²) >= 11 is 0. The summed E-state index contributed by atoms with van der Waals surface area (Å²) in [6.45, 7) is 2.20. The molecule has 1 heterocycles. The first-order valence-corrected chi connectivity index (χ1v) is 10.3. The van der Waals surface area contributed by atoms with Crippen molar-refractivity contribution < 1.29 is 4.79 Å². The van der Waals surface area contributed by atoms with Gasteiger partial charge in [-0.25, -0.2) is 5.10 Å². The zero-order valence-electron chi connectivity index (χ0n) is 15.8. The molecule has 6 rings (SSSR count). The fourth-order valence-electron chi connectivity index (χ4n) is 6.61. The highest BCUT2D eigenvalue weighted by Gasteiger charge is 2.53. The SMILES string of the molecule is C[C@H](NC(=O)Cc1n[nH]c(=O)c2ccccc12)C12CC3CC(CC(C3)C1)C2. The number of hydrogen-bond donors (Lipinski definition) is 2. The van der Waals surface area contributed by atoms with Gasteiger partial charge in [0.1, 0.15) is 0 Å². The van der Waals surface area contributed by atoms with E-state index in [4.69, 9.17) is 0 Å². The Morgan fingerprint density at radius 1 is 1.15 bits per heavy atom. The average Bonchev–Trinajstić information content (AvgIpc) is 2.63. The van der Waals surface area contributed by atoms with Crippen LogP contribution < -0.4 is 10.9 Å². The molecule has 1 aromatic heterocycles. The van der Waals surface area contributed by atoms with Crippen LogP contribution in [0.5, 0.6) is 0 Å². The van der Waals surface area contributed by atoms with Gasteiger partial charge in [0.2, 0.25) is 5.91 Å². The largest absolute Gasteiger partial charge is 0.353 e. The monoisotopic (exact) mass is 365 g/mol. The first-order valence-electron chi connectivity index (χ1n) is 10.3. The Bertz CT molecular complexity index is 913. The lowest BCUT2D eigenvalue weighted by molar-refractivity contribution is -0.125. The van der Waals surface area contributed by atoms with Gasteiger partial charge in [0.25, 0.3) is 5.56 Å². The molecule has 1 aromatic carbocycles. The minimum atomic E-state index is -0.211. The van der Waals surface area contributed by atoms with Crippen LogP contribution in [-0.4, -0.2) is 22.1 Å². The third kappa shape index (κ3) is 2.88. The number of carbonyl (C=O) groups is 1. The Morgan fingerprint density at radius 2 is 1.74 bits per heavy atom. The van der Waals surface area contributed by atoms with Crippen LogP contribution in [0.25, 0.3) is 10.8 Å². The van der Waals surface area contributed by atoms with Crippen LogP contribution in [0, 0.1) is 23.2 Å².